The molecule has 0 N–H and O–H groups in total. The number of benzene rings is 1. The molecule has 1 aromatic rings. The van der Waals surface area contributed by atoms with Crippen LogP contribution in [0.5, 0.6) is 0 Å². The number of carbonyl (C=O) groups excluding carboxylic acids is 1. The normalized spacial score (nSPS) is 13.0. The molecule has 0 amide bonds. The maximum atomic E-state index is 11.6. The summed E-state index contributed by atoms with van der Waals surface area (Å²) in [4.78, 5) is 11.6. The molecular formula is C16H24O2Si. The summed E-state index contributed by atoms with van der Waals surface area (Å²) < 4.78 is 4.79. The van der Waals surface area contributed by atoms with Crippen LogP contribution < -0.4 is 0 Å². The Morgan fingerprint density at radius 2 is 1.74 bits per heavy atom. The first-order chi connectivity index (χ1) is 8.68. The summed E-state index contributed by atoms with van der Waals surface area (Å²) in [6.07, 6.45) is 0. The van der Waals surface area contributed by atoms with E-state index >= 15 is 0 Å². The summed E-state index contributed by atoms with van der Waals surface area (Å²) in [6.45, 7) is 13.5. The highest BCUT2D eigenvalue weighted by atomic mass is 28.3. The Labute approximate surface area is 117 Å². The summed E-state index contributed by atoms with van der Waals surface area (Å²) in [6, 6.07) is 5.75. The van der Waals surface area contributed by atoms with Gasteiger partial charge in [0.1, 0.15) is 0 Å². The summed E-state index contributed by atoms with van der Waals surface area (Å²) in [5.74, 6) is -0.278. The largest absolute Gasteiger partial charge is 0.465 e. The number of esters is 1. The fourth-order valence-corrected chi connectivity index (χ4v) is 3.30. The first-order valence-corrected chi connectivity index (χ1v) is 10.1. The van der Waals surface area contributed by atoms with Crippen molar-refractivity contribution in [2.75, 3.05) is 7.11 Å². The summed E-state index contributed by atoms with van der Waals surface area (Å²) >= 11 is 0. The van der Waals surface area contributed by atoms with Crippen LogP contribution in [0.4, 0.5) is 0 Å². The Balaban J connectivity index is 3.39. The molecule has 19 heavy (non-hydrogen) atoms. The van der Waals surface area contributed by atoms with E-state index in [2.05, 4.69) is 40.4 Å². The zero-order valence-electron chi connectivity index (χ0n) is 13.0. The van der Waals surface area contributed by atoms with Crippen molar-refractivity contribution in [1.82, 2.24) is 0 Å². The van der Waals surface area contributed by atoms with Gasteiger partial charge in [-0.1, -0.05) is 30.9 Å². The number of methoxy groups -OCH3 is 1. The number of rotatable bonds is 3. The Bertz CT molecular complexity index is 522. The molecule has 3 heteroatoms. The molecule has 0 radical (unpaired) electrons. The van der Waals surface area contributed by atoms with Gasteiger partial charge in [-0.3, -0.25) is 0 Å². The van der Waals surface area contributed by atoms with Gasteiger partial charge in [0.15, 0.2) is 0 Å². The lowest BCUT2D eigenvalue weighted by atomic mass is 9.99. The number of hydrogen-bond donors (Lipinski definition) is 0. The molecule has 104 valence electrons. The van der Waals surface area contributed by atoms with Gasteiger partial charge in [0.25, 0.3) is 0 Å². The predicted molar refractivity (Wildman–Crippen MR) is 84.1 cm³/mol. The fraction of sp³-hybridized carbons (Fsp3) is 0.438. The van der Waals surface area contributed by atoms with Crippen molar-refractivity contribution in [3.63, 3.8) is 0 Å². The Kier molecular flexibility index (Phi) is 4.74. The monoisotopic (exact) mass is 276 g/mol. The fourth-order valence-electron chi connectivity index (χ4n) is 2.04. The molecule has 0 spiro atoms. The maximum Gasteiger partial charge on any atom is 0.337 e. The van der Waals surface area contributed by atoms with Crippen molar-refractivity contribution in [1.29, 1.82) is 0 Å². The molecule has 1 aromatic carbocycles. The van der Waals surface area contributed by atoms with Crippen molar-refractivity contribution in [3.05, 3.63) is 40.1 Å². The minimum Gasteiger partial charge on any atom is -0.465 e. The second-order valence-corrected chi connectivity index (χ2v) is 11.3. The molecular weight excluding hydrogens is 252 g/mol. The highest BCUT2D eigenvalue weighted by molar-refractivity contribution is 6.83. The van der Waals surface area contributed by atoms with Crippen molar-refractivity contribution >= 4 is 19.6 Å². The Hall–Kier alpha value is -1.35. The number of allylic oxidation sites excluding steroid dienone is 2. The van der Waals surface area contributed by atoms with Crippen LogP contribution in [0.2, 0.25) is 19.6 Å². The van der Waals surface area contributed by atoms with Crippen LogP contribution in [0.15, 0.2) is 23.4 Å². The minimum absolute atomic E-state index is 0.278. The van der Waals surface area contributed by atoms with Gasteiger partial charge in [-0.25, -0.2) is 4.79 Å². The van der Waals surface area contributed by atoms with Gasteiger partial charge >= 0.3 is 5.97 Å². The first kappa shape index (κ1) is 15.7. The van der Waals surface area contributed by atoms with E-state index < -0.39 is 8.07 Å². The van der Waals surface area contributed by atoms with E-state index in [1.807, 2.05) is 18.2 Å². The third-order valence-corrected chi connectivity index (χ3v) is 6.38. The summed E-state index contributed by atoms with van der Waals surface area (Å²) in [5.41, 5.74) is 4.26. The van der Waals surface area contributed by atoms with Crippen LogP contribution in [0, 0.1) is 6.92 Å². The molecule has 0 bridgehead atoms. The number of aryl methyl sites for hydroxylation is 1. The van der Waals surface area contributed by atoms with Crippen molar-refractivity contribution < 1.29 is 9.53 Å². The van der Waals surface area contributed by atoms with E-state index in [-0.39, 0.29) is 5.97 Å². The molecule has 0 saturated carbocycles. The van der Waals surface area contributed by atoms with Crippen molar-refractivity contribution in [2.45, 2.75) is 40.4 Å². The van der Waals surface area contributed by atoms with E-state index in [4.69, 9.17) is 4.74 Å². The lowest BCUT2D eigenvalue weighted by Gasteiger charge is -2.21. The zero-order valence-corrected chi connectivity index (χ0v) is 14.0. The smallest absolute Gasteiger partial charge is 0.337 e. The van der Waals surface area contributed by atoms with E-state index in [0.29, 0.717) is 5.56 Å². The van der Waals surface area contributed by atoms with E-state index in [1.165, 1.54) is 23.4 Å². The van der Waals surface area contributed by atoms with Gasteiger partial charge in [0.2, 0.25) is 0 Å². The molecule has 0 unspecified atom stereocenters. The maximum absolute atomic E-state index is 11.6. The second-order valence-electron chi connectivity index (χ2n) is 6.02. The molecule has 0 aliphatic carbocycles. The predicted octanol–water partition coefficient (Wildman–Crippen LogP) is 4.45. The lowest BCUT2D eigenvalue weighted by molar-refractivity contribution is 0.0600. The topological polar surface area (TPSA) is 26.3 Å². The van der Waals surface area contributed by atoms with Gasteiger partial charge < -0.3 is 4.74 Å². The Morgan fingerprint density at radius 3 is 2.21 bits per heavy atom. The van der Waals surface area contributed by atoms with Crippen LogP contribution in [0.1, 0.15) is 35.3 Å². The van der Waals surface area contributed by atoms with Crippen molar-refractivity contribution in [2.24, 2.45) is 0 Å². The quantitative estimate of drug-likeness (QED) is 0.602. The second kappa shape index (κ2) is 5.74. The molecule has 0 fully saturated rings. The van der Waals surface area contributed by atoms with Gasteiger partial charge in [-0.2, -0.15) is 0 Å². The van der Waals surface area contributed by atoms with Crippen LogP contribution >= 0.6 is 0 Å². The molecule has 2 nitrogen and oxygen atoms in total. The first-order valence-electron chi connectivity index (χ1n) is 6.55. The lowest BCUT2D eigenvalue weighted by Crippen LogP contribution is -2.23. The van der Waals surface area contributed by atoms with Crippen LogP contribution in [-0.2, 0) is 4.74 Å². The minimum atomic E-state index is -1.32. The molecule has 0 aliphatic rings. The Morgan fingerprint density at radius 1 is 1.16 bits per heavy atom. The van der Waals surface area contributed by atoms with E-state index in [9.17, 15) is 4.79 Å². The van der Waals surface area contributed by atoms with Gasteiger partial charge in [0.05, 0.1) is 20.7 Å². The third-order valence-electron chi connectivity index (χ3n) is 3.75. The van der Waals surface area contributed by atoms with E-state index in [0.717, 1.165) is 5.56 Å². The molecule has 0 atom stereocenters. The third kappa shape index (κ3) is 3.57. The standard InChI is InChI=1S/C16H24O2Si/c1-11-8-9-14(16(17)18-4)10-15(11)12(2)13(3)19(5,6)7/h8-10H,1-7H3/b13-12+. The molecule has 0 aromatic heterocycles. The van der Waals surface area contributed by atoms with Crippen LogP contribution in [0.25, 0.3) is 5.57 Å². The molecule has 0 aliphatic heterocycles. The zero-order chi connectivity index (χ0) is 14.8. The molecule has 0 saturated heterocycles. The highest BCUT2D eigenvalue weighted by Gasteiger charge is 2.19. The average molecular weight is 276 g/mol. The van der Waals surface area contributed by atoms with Gasteiger partial charge in [-0.15, -0.1) is 0 Å². The SMILES string of the molecule is COC(=O)c1ccc(C)c(/C(C)=C(\C)[Si](C)(C)C)c1. The van der Waals surface area contributed by atoms with E-state index in [1.54, 1.807) is 0 Å². The number of ether oxygens (including phenoxy) is 1. The van der Waals surface area contributed by atoms with Crippen LogP contribution in [0.3, 0.4) is 0 Å². The van der Waals surface area contributed by atoms with Crippen LogP contribution in [-0.4, -0.2) is 21.2 Å². The highest BCUT2D eigenvalue weighted by Crippen LogP contribution is 2.28. The number of carbonyl (C=O) groups is 1. The molecule has 0 heterocycles. The number of hydrogen-bond acceptors (Lipinski definition) is 2. The summed E-state index contributed by atoms with van der Waals surface area (Å²) in [7, 11) is 0.0957. The van der Waals surface area contributed by atoms with Gasteiger partial charge in [0, 0.05) is 0 Å². The summed E-state index contributed by atoms with van der Waals surface area (Å²) in [5, 5.41) is 1.47. The average Bonchev–Trinajstić information content (AvgIpc) is 2.35. The van der Waals surface area contributed by atoms with Gasteiger partial charge in [-0.05, 0) is 49.6 Å². The molecule has 1 rings (SSSR count). The van der Waals surface area contributed by atoms with Crippen molar-refractivity contribution in [3.8, 4) is 0 Å².